The number of hydrogen-bond acceptors (Lipinski definition) is 5. The number of nitrogens with zero attached hydrogens (tertiary/aromatic N) is 3. The summed E-state index contributed by atoms with van der Waals surface area (Å²) in [6.07, 6.45) is 0.404. The number of carbonyl (C=O) groups excluding carboxylic acids is 2. The van der Waals surface area contributed by atoms with Gasteiger partial charge in [-0.1, -0.05) is 54.6 Å². The standard InChI is InChI=1S/C29H21N3O4/c33-27-22-8-3-4-9-23(22)28(34)32(27)15-5-14-31-25-17-21(12-13-24(25)26(30-36)29(31)35)20-11-10-18-6-1-2-7-19(18)16-20/h1-4,6-13,16-17,35H,5,14-15H2. The second-order valence-electron chi connectivity index (χ2n) is 8.87. The summed E-state index contributed by atoms with van der Waals surface area (Å²) >= 11 is 0. The van der Waals surface area contributed by atoms with Crippen LogP contribution in [0.25, 0.3) is 32.8 Å². The first-order valence-corrected chi connectivity index (χ1v) is 11.7. The van der Waals surface area contributed by atoms with E-state index in [1.54, 1.807) is 34.9 Å². The molecule has 7 heteroatoms. The normalized spacial score (nSPS) is 13.1. The van der Waals surface area contributed by atoms with Crippen molar-refractivity contribution in [2.75, 3.05) is 6.54 Å². The summed E-state index contributed by atoms with van der Waals surface area (Å²) in [6.45, 7) is 0.492. The molecular formula is C29H21N3O4. The third-order valence-electron chi connectivity index (χ3n) is 6.83. The lowest BCUT2D eigenvalue weighted by Crippen LogP contribution is -2.31. The second kappa shape index (κ2) is 8.46. The second-order valence-corrected chi connectivity index (χ2v) is 8.87. The lowest BCUT2D eigenvalue weighted by atomic mass is 10.0. The molecule has 7 nitrogen and oxygen atoms in total. The predicted octanol–water partition coefficient (Wildman–Crippen LogP) is 6.25. The molecule has 0 saturated heterocycles. The van der Waals surface area contributed by atoms with E-state index in [9.17, 15) is 19.6 Å². The Hall–Kier alpha value is -4.78. The summed E-state index contributed by atoms with van der Waals surface area (Å²) < 4.78 is 1.62. The van der Waals surface area contributed by atoms with Gasteiger partial charge < -0.3 is 9.67 Å². The molecule has 176 valence electrons. The Kier molecular flexibility index (Phi) is 5.11. The van der Waals surface area contributed by atoms with Crippen molar-refractivity contribution in [2.45, 2.75) is 13.0 Å². The molecule has 0 radical (unpaired) electrons. The molecule has 0 bridgehead atoms. The minimum absolute atomic E-state index is 0.0178. The predicted molar refractivity (Wildman–Crippen MR) is 138 cm³/mol. The minimum atomic E-state index is -0.314. The van der Waals surface area contributed by atoms with Crippen LogP contribution in [0.4, 0.5) is 5.69 Å². The highest BCUT2D eigenvalue weighted by Crippen LogP contribution is 2.40. The van der Waals surface area contributed by atoms with Crippen molar-refractivity contribution in [3.63, 3.8) is 0 Å². The Balaban J connectivity index is 1.31. The van der Waals surface area contributed by atoms with Crippen molar-refractivity contribution in [2.24, 2.45) is 5.18 Å². The maximum Gasteiger partial charge on any atom is 0.261 e. The lowest BCUT2D eigenvalue weighted by molar-refractivity contribution is 0.0651. The summed E-state index contributed by atoms with van der Waals surface area (Å²) in [5, 5.41) is 16.6. The van der Waals surface area contributed by atoms with Crippen molar-refractivity contribution in [3.8, 4) is 17.0 Å². The maximum absolute atomic E-state index is 12.7. The lowest BCUT2D eigenvalue weighted by Gasteiger charge is -2.15. The molecule has 0 spiro atoms. The number of aryl methyl sites for hydroxylation is 1. The summed E-state index contributed by atoms with van der Waals surface area (Å²) in [7, 11) is 0. The first-order chi connectivity index (χ1) is 17.6. The third kappa shape index (κ3) is 3.36. The van der Waals surface area contributed by atoms with Gasteiger partial charge >= 0.3 is 0 Å². The van der Waals surface area contributed by atoms with Gasteiger partial charge in [-0.3, -0.25) is 14.5 Å². The molecule has 0 saturated carbocycles. The van der Waals surface area contributed by atoms with Crippen LogP contribution in [0.3, 0.4) is 0 Å². The molecule has 5 aromatic rings. The van der Waals surface area contributed by atoms with Crippen LogP contribution in [0.15, 0.2) is 90.1 Å². The number of amides is 2. The average molecular weight is 476 g/mol. The van der Waals surface area contributed by atoms with Crippen LogP contribution in [0, 0.1) is 4.91 Å². The summed E-state index contributed by atoms with van der Waals surface area (Å²) in [5.41, 5.74) is 3.40. The van der Waals surface area contributed by atoms with E-state index in [1.807, 2.05) is 30.3 Å². The number of imide groups is 1. The molecule has 1 aliphatic rings. The van der Waals surface area contributed by atoms with Crippen LogP contribution in [-0.2, 0) is 6.54 Å². The first kappa shape index (κ1) is 21.7. The Morgan fingerprint density at radius 1 is 0.722 bits per heavy atom. The van der Waals surface area contributed by atoms with E-state index in [1.165, 1.54) is 4.90 Å². The molecule has 1 N–H and O–H groups in total. The van der Waals surface area contributed by atoms with Crippen molar-refractivity contribution in [1.29, 1.82) is 0 Å². The van der Waals surface area contributed by atoms with E-state index in [0.717, 1.165) is 21.9 Å². The number of rotatable bonds is 6. The molecule has 4 aromatic carbocycles. The van der Waals surface area contributed by atoms with Gasteiger partial charge in [0.15, 0.2) is 5.69 Å². The van der Waals surface area contributed by atoms with E-state index in [2.05, 4.69) is 29.4 Å². The number of benzene rings is 4. The number of fused-ring (bicyclic) bond motifs is 3. The molecule has 0 atom stereocenters. The van der Waals surface area contributed by atoms with E-state index < -0.39 is 0 Å². The van der Waals surface area contributed by atoms with Crippen LogP contribution in [0.5, 0.6) is 5.88 Å². The van der Waals surface area contributed by atoms with E-state index in [4.69, 9.17) is 0 Å². The highest BCUT2D eigenvalue weighted by atomic mass is 16.3. The monoisotopic (exact) mass is 475 g/mol. The van der Waals surface area contributed by atoms with Gasteiger partial charge in [0.1, 0.15) is 0 Å². The number of carbonyl (C=O) groups is 2. The minimum Gasteiger partial charge on any atom is -0.493 e. The zero-order valence-corrected chi connectivity index (χ0v) is 19.2. The van der Waals surface area contributed by atoms with Gasteiger partial charge in [0.05, 0.1) is 16.6 Å². The first-order valence-electron chi connectivity index (χ1n) is 11.7. The molecule has 1 aliphatic heterocycles. The average Bonchev–Trinajstić information content (AvgIpc) is 3.32. The molecule has 0 fully saturated rings. The molecule has 6 rings (SSSR count). The van der Waals surface area contributed by atoms with Crippen molar-refractivity contribution in [1.82, 2.24) is 9.47 Å². The van der Waals surface area contributed by atoms with Crippen LogP contribution in [0.2, 0.25) is 0 Å². The largest absolute Gasteiger partial charge is 0.493 e. The SMILES string of the molecule is O=Nc1c(O)n(CCCN2C(=O)c3ccccc3C2=O)c2cc(-c3ccc4ccccc4c3)ccc12. The van der Waals surface area contributed by atoms with Crippen molar-refractivity contribution >= 4 is 39.2 Å². The Bertz CT molecular complexity index is 1670. The zero-order chi connectivity index (χ0) is 24.8. The number of nitroso groups, excluding NO2 is 1. The van der Waals surface area contributed by atoms with E-state index in [0.29, 0.717) is 35.0 Å². The van der Waals surface area contributed by atoms with Gasteiger partial charge in [-0.05, 0) is 63.8 Å². The molecule has 2 amide bonds. The number of aromatic nitrogens is 1. The van der Waals surface area contributed by atoms with Crippen LogP contribution in [-0.4, -0.2) is 32.9 Å². The topological polar surface area (TPSA) is 92.0 Å². The summed E-state index contributed by atoms with van der Waals surface area (Å²) in [4.78, 5) is 38.1. The molecule has 1 aromatic heterocycles. The van der Waals surface area contributed by atoms with Gasteiger partial charge in [-0.15, -0.1) is 4.91 Å². The highest BCUT2D eigenvalue weighted by molar-refractivity contribution is 6.21. The van der Waals surface area contributed by atoms with Crippen LogP contribution < -0.4 is 0 Å². The molecule has 36 heavy (non-hydrogen) atoms. The number of aromatic hydroxyl groups is 1. The van der Waals surface area contributed by atoms with E-state index >= 15 is 0 Å². The molecule has 2 heterocycles. The van der Waals surface area contributed by atoms with Gasteiger partial charge in [-0.2, -0.15) is 0 Å². The highest BCUT2D eigenvalue weighted by Gasteiger charge is 2.34. The van der Waals surface area contributed by atoms with Crippen molar-refractivity contribution in [3.05, 3.63) is 101 Å². The van der Waals surface area contributed by atoms with Gasteiger partial charge in [0, 0.05) is 18.5 Å². The smallest absolute Gasteiger partial charge is 0.261 e. The van der Waals surface area contributed by atoms with E-state index in [-0.39, 0.29) is 29.9 Å². The number of hydrogen-bond donors (Lipinski definition) is 1. The van der Waals surface area contributed by atoms with Crippen LogP contribution >= 0.6 is 0 Å². The van der Waals surface area contributed by atoms with Gasteiger partial charge in [0.25, 0.3) is 11.8 Å². The van der Waals surface area contributed by atoms with Gasteiger partial charge in [0.2, 0.25) is 5.88 Å². The summed E-state index contributed by atoms with van der Waals surface area (Å²) in [5.74, 6) is -0.852. The summed E-state index contributed by atoms with van der Waals surface area (Å²) in [6, 6.07) is 26.7. The Morgan fingerprint density at radius 3 is 2.08 bits per heavy atom. The fourth-order valence-corrected chi connectivity index (χ4v) is 5.01. The van der Waals surface area contributed by atoms with Crippen LogP contribution in [0.1, 0.15) is 27.1 Å². The van der Waals surface area contributed by atoms with Crippen molar-refractivity contribution < 1.29 is 14.7 Å². The fraction of sp³-hybridized carbons (Fsp3) is 0.103. The third-order valence-corrected chi connectivity index (χ3v) is 6.83. The van der Waals surface area contributed by atoms with Gasteiger partial charge in [-0.25, -0.2) is 0 Å². The zero-order valence-electron chi connectivity index (χ0n) is 19.2. The molecule has 0 unspecified atom stereocenters. The molecule has 0 aliphatic carbocycles. The maximum atomic E-state index is 12.7. The molecular weight excluding hydrogens is 454 g/mol. The Morgan fingerprint density at radius 2 is 1.36 bits per heavy atom. The Labute approximate surface area is 206 Å². The quantitative estimate of drug-likeness (QED) is 0.232. The fourth-order valence-electron chi connectivity index (χ4n) is 5.01.